The molecule has 2 aliphatic rings. The van der Waals surface area contributed by atoms with Crippen LogP contribution in [0.1, 0.15) is 40.5 Å². The minimum Gasteiger partial charge on any atom is -0.444 e. The van der Waals surface area contributed by atoms with Gasteiger partial charge in [0.2, 0.25) is 0 Å². The third-order valence-corrected chi connectivity index (χ3v) is 6.32. The molecule has 0 aromatic carbocycles. The van der Waals surface area contributed by atoms with Gasteiger partial charge in [0.25, 0.3) is 0 Å². The fourth-order valence-electron chi connectivity index (χ4n) is 4.52. The van der Waals surface area contributed by atoms with E-state index in [1.165, 1.54) is 10.8 Å². The average molecular weight is 487 g/mol. The Morgan fingerprint density at radius 3 is 2.30 bits per heavy atom. The Morgan fingerprint density at radius 2 is 1.79 bits per heavy atom. The number of hydrogen-bond acceptors (Lipinski definition) is 8. The highest BCUT2D eigenvalue weighted by molar-refractivity contribution is 6.28. The zero-order valence-corrected chi connectivity index (χ0v) is 20.6. The first-order chi connectivity index (χ1) is 15.3. The SMILES string of the molecule is CC(C)(C)OC(=O)N1CCN(C2CCN(C[C@](C)(O)Cn3cc([N+](=O)[O-])nc3Cl)CC2)CC1. The lowest BCUT2D eigenvalue weighted by Crippen LogP contribution is -2.55. The van der Waals surface area contributed by atoms with E-state index < -0.39 is 16.1 Å². The van der Waals surface area contributed by atoms with Gasteiger partial charge in [-0.1, -0.05) is 0 Å². The van der Waals surface area contributed by atoms with Gasteiger partial charge in [-0.15, -0.1) is 0 Å². The molecule has 2 saturated heterocycles. The van der Waals surface area contributed by atoms with Gasteiger partial charge in [0.15, 0.2) is 0 Å². The lowest BCUT2D eigenvalue weighted by molar-refractivity contribution is -0.389. The second-order valence-electron chi connectivity index (χ2n) is 10.3. The van der Waals surface area contributed by atoms with Crippen LogP contribution in [0.15, 0.2) is 6.20 Å². The number of ether oxygens (including phenoxy) is 1. The maximum atomic E-state index is 12.3. The van der Waals surface area contributed by atoms with Crippen molar-refractivity contribution in [3.8, 4) is 0 Å². The first-order valence-corrected chi connectivity index (χ1v) is 11.7. The molecule has 1 aromatic rings. The van der Waals surface area contributed by atoms with E-state index >= 15 is 0 Å². The number of rotatable bonds is 6. The van der Waals surface area contributed by atoms with E-state index in [0.29, 0.717) is 25.7 Å². The molecule has 0 unspecified atom stereocenters. The fraction of sp³-hybridized carbons (Fsp3) is 0.810. The van der Waals surface area contributed by atoms with Gasteiger partial charge >= 0.3 is 17.2 Å². The van der Waals surface area contributed by atoms with Crippen LogP contribution in [0.2, 0.25) is 5.28 Å². The number of nitrogens with zero attached hydrogens (tertiary/aromatic N) is 6. The Balaban J connectivity index is 1.43. The van der Waals surface area contributed by atoms with Crippen LogP contribution in [-0.4, -0.2) is 103 Å². The van der Waals surface area contributed by atoms with Crippen molar-refractivity contribution in [3.63, 3.8) is 0 Å². The van der Waals surface area contributed by atoms with Crippen LogP contribution in [0.25, 0.3) is 0 Å². The van der Waals surface area contributed by atoms with Crippen LogP contribution in [0, 0.1) is 10.1 Å². The minimum atomic E-state index is -1.11. The number of β-amino-alcohol motifs (C(OH)–C–C–N with tert-alkyl or cyclic N) is 1. The molecular formula is C21H35ClN6O5. The van der Waals surface area contributed by atoms with Crippen LogP contribution in [0.4, 0.5) is 10.6 Å². The number of aliphatic hydroxyl groups is 1. The number of aromatic nitrogens is 2. The third-order valence-electron chi connectivity index (χ3n) is 6.02. The maximum absolute atomic E-state index is 12.3. The van der Waals surface area contributed by atoms with Crippen molar-refractivity contribution < 1.29 is 19.6 Å². The summed E-state index contributed by atoms with van der Waals surface area (Å²) in [7, 11) is 0. The lowest BCUT2D eigenvalue weighted by Gasteiger charge is -2.43. The number of hydrogen-bond donors (Lipinski definition) is 1. The maximum Gasteiger partial charge on any atom is 0.410 e. The van der Waals surface area contributed by atoms with Crippen LogP contribution in [0.5, 0.6) is 0 Å². The zero-order valence-electron chi connectivity index (χ0n) is 19.9. The number of piperazine rings is 1. The molecule has 1 atom stereocenters. The van der Waals surface area contributed by atoms with Gasteiger partial charge in [0, 0.05) is 38.8 Å². The van der Waals surface area contributed by atoms with E-state index in [2.05, 4.69) is 14.8 Å². The summed E-state index contributed by atoms with van der Waals surface area (Å²) in [6, 6.07) is 0.456. The molecule has 1 aromatic heterocycles. The molecule has 186 valence electrons. The smallest absolute Gasteiger partial charge is 0.410 e. The second-order valence-corrected chi connectivity index (χ2v) is 10.6. The molecule has 0 radical (unpaired) electrons. The first-order valence-electron chi connectivity index (χ1n) is 11.4. The highest BCUT2D eigenvalue weighted by atomic mass is 35.5. The van der Waals surface area contributed by atoms with Crippen molar-refractivity contribution >= 4 is 23.5 Å². The van der Waals surface area contributed by atoms with E-state index in [4.69, 9.17) is 16.3 Å². The fourth-order valence-corrected chi connectivity index (χ4v) is 4.71. The summed E-state index contributed by atoms with van der Waals surface area (Å²) >= 11 is 5.99. The molecule has 2 aliphatic heterocycles. The number of carbonyl (C=O) groups is 1. The third kappa shape index (κ3) is 7.26. The topological polar surface area (TPSA) is 117 Å². The summed E-state index contributed by atoms with van der Waals surface area (Å²) < 4.78 is 6.89. The van der Waals surface area contributed by atoms with Crippen molar-refractivity contribution in [1.82, 2.24) is 24.3 Å². The molecule has 0 saturated carbocycles. The molecule has 3 heterocycles. The number of likely N-dealkylation sites (tertiary alicyclic amines) is 1. The number of carbonyl (C=O) groups excluding carboxylic acids is 1. The number of halogens is 1. The van der Waals surface area contributed by atoms with E-state index in [-0.39, 0.29) is 23.7 Å². The van der Waals surface area contributed by atoms with Gasteiger partial charge in [0.1, 0.15) is 11.8 Å². The number of nitro groups is 1. The predicted octanol–water partition coefficient (Wildman–Crippen LogP) is 2.21. The quantitative estimate of drug-likeness (QED) is 0.480. The van der Waals surface area contributed by atoms with E-state index in [1.807, 2.05) is 20.8 Å². The lowest BCUT2D eigenvalue weighted by atomic mass is 9.99. The minimum absolute atomic E-state index is 0.00814. The molecule has 1 amide bonds. The van der Waals surface area contributed by atoms with Gasteiger partial charge in [-0.05, 0) is 75.1 Å². The summed E-state index contributed by atoms with van der Waals surface area (Å²) in [6.45, 7) is 12.6. The van der Waals surface area contributed by atoms with Crippen molar-refractivity contribution in [2.45, 2.75) is 64.3 Å². The molecule has 11 nitrogen and oxygen atoms in total. The Hall–Kier alpha value is -1.95. The standard InChI is InChI=1S/C21H35ClN6O5/c1-20(2,3)33-19(29)26-11-9-25(10-12-26)16-5-7-24(8-6-16)14-21(4,30)15-27-13-17(28(31)32)23-18(27)22/h13,16,30H,5-12,14-15H2,1-4H3/t21-/m0/s1. The molecule has 3 rings (SSSR count). The Morgan fingerprint density at radius 1 is 1.18 bits per heavy atom. The summed E-state index contributed by atoms with van der Waals surface area (Å²) in [4.78, 5) is 32.7. The highest BCUT2D eigenvalue weighted by Gasteiger charge is 2.33. The molecule has 1 N–H and O–H groups in total. The van der Waals surface area contributed by atoms with E-state index in [1.54, 1.807) is 11.8 Å². The molecule has 33 heavy (non-hydrogen) atoms. The largest absolute Gasteiger partial charge is 0.444 e. The number of amides is 1. The molecular weight excluding hydrogens is 452 g/mol. The molecule has 2 fully saturated rings. The van der Waals surface area contributed by atoms with Crippen LogP contribution >= 0.6 is 11.6 Å². The van der Waals surface area contributed by atoms with Gasteiger partial charge in [-0.2, -0.15) is 0 Å². The highest BCUT2D eigenvalue weighted by Crippen LogP contribution is 2.23. The summed E-state index contributed by atoms with van der Waals surface area (Å²) in [6.07, 6.45) is 2.97. The van der Waals surface area contributed by atoms with Crippen LogP contribution in [0.3, 0.4) is 0 Å². The second kappa shape index (κ2) is 10.1. The molecule has 0 bridgehead atoms. The van der Waals surface area contributed by atoms with Gasteiger partial charge < -0.3 is 29.8 Å². The van der Waals surface area contributed by atoms with Crippen LogP contribution in [-0.2, 0) is 11.3 Å². The Bertz CT molecular complexity index is 839. The molecule has 0 aliphatic carbocycles. The number of imidazole rings is 1. The molecule has 12 heteroatoms. The monoisotopic (exact) mass is 486 g/mol. The van der Waals surface area contributed by atoms with Gasteiger partial charge in [-0.3, -0.25) is 9.47 Å². The van der Waals surface area contributed by atoms with E-state index in [0.717, 1.165) is 39.0 Å². The average Bonchev–Trinajstić information content (AvgIpc) is 3.07. The summed E-state index contributed by atoms with van der Waals surface area (Å²) in [5, 5.41) is 21.8. The summed E-state index contributed by atoms with van der Waals surface area (Å²) in [5.41, 5.74) is -1.59. The summed E-state index contributed by atoms with van der Waals surface area (Å²) in [5.74, 6) is -0.330. The Labute approximate surface area is 199 Å². The number of piperidine rings is 1. The molecule has 0 spiro atoms. The van der Waals surface area contributed by atoms with Crippen molar-refractivity contribution in [2.75, 3.05) is 45.8 Å². The zero-order chi connectivity index (χ0) is 24.4. The van der Waals surface area contributed by atoms with Crippen molar-refractivity contribution in [1.29, 1.82) is 0 Å². The van der Waals surface area contributed by atoms with Gasteiger partial charge in [0.05, 0.1) is 12.1 Å². The van der Waals surface area contributed by atoms with E-state index in [9.17, 15) is 20.0 Å². The van der Waals surface area contributed by atoms with Crippen LogP contribution < -0.4 is 0 Å². The van der Waals surface area contributed by atoms with Gasteiger partial charge in [-0.25, -0.2) is 4.79 Å². The van der Waals surface area contributed by atoms with Crippen molar-refractivity contribution in [2.24, 2.45) is 0 Å². The van der Waals surface area contributed by atoms with Crippen molar-refractivity contribution in [3.05, 3.63) is 21.6 Å². The predicted molar refractivity (Wildman–Crippen MR) is 123 cm³/mol. The Kier molecular flexibility index (Phi) is 7.87. The normalized spacial score (nSPS) is 21.1. The first kappa shape index (κ1) is 25.7.